The fourth-order valence-electron chi connectivity index (χ4n) is 0.396. The minimum Gasteiger partial charge on any atom is -0.434 e. The van der Waals surface area contributed by atoms with Gasteiger partial charge in [-0.2, -0.15) is 0 Å². The fraction of sp³-hybridized carbons (Fsp3) is 0.250. The number of alkyl halides is 3. The second-order valence-corrected chi connectivity index (χ2v) is 1.41. The molecule has 0 saturated carbocycles. The van der Waals surface area contributed by atoms with Crippen molar-refractivity contribution in [3.05, 3.63) is 18.9 Å². The van der Waals surface area contributed by atoms with E-state index in [9.17, 15) is 13.2 Å². The topological polar surface area (TPSA) is 30.5 Å². The molecule has 0 amide bonds. The Balaban J connectivity index is 2.38. The highest BCUT2D eigenvalue weighted by Crippen LogP contribution is 2.22. The van der Waals surface area contributed by atoms with Crippen LogP contribution in [-0.4, -0.2) is 6.36 Å². The van der Waals surface area contributed by atoms with Gasteiger partial charge < -0.3 is 14.8 Å². The summed E-state index contributed by atoms with van der Waals surface area (Å²) in [6.07, 6.45) is -3.74. The summed E-state index contributed by atoms with van der Waals surface area (Å²) in [5.41, 5.74) is 0. The lowest BCUT2D eigenvalue weighted by molar-refractivity contribution is -0.319. The maximum atomic E-state index is 11.3. The molecule has 0 fully saturated rings. The second-order valence-electron chi connectivity index (χ2n) is 1.41. The average Bonchev–Trinajstić information content (AvgIpc) is 2.12. The van der Waals surface area contributed by atoms with Gasteiger partial charge >= 0.3 is 12.3 Å². The number of nitrogens with one attached hydrogen (secondary N) is 1. The molecule has 0 saturated heterocycles. The van der Waals surface area contributed by atoms with Gasteiger partial charge in [-0.15, -0.1) is 13.2 Å². The van der Waals surface area contributed by atoms with Crippen LogP contribution in [0.4, 0.5) is 13.2 Å². The molecule has 6 heteroatoms. The van der Waals surface area contributed by atoms with Gasteiger partial charge in [0, 0.05) is 0 Å². The van der Waals surface area contributed by atoms with Gasteiger partial charge in [-0.25, -0.2) is 0 Å². The highest BCUT2D eigenvalue weighted by Gasteiger charge is 2.33. The molecule has 1 N–H and O–H groups in total. The van der Waals surface area contributed by atoms with Crippen LogP contribution >= 0.6 is 0 Å². The Morgan fingerprint density at radius 1 is 1.50 bits per heavy atom. The van der Waals surface area contributed by atoms with Crippen molar-refractivity contribution in [3.8, 4) is 0 Å². The quantitative estimate of drug-likeness (QED) is 0.612. The summed E-state index contributed by atoms with van der Waals surface area (Å²) in [5, 5.41) is 2.26. The van der Waals surface area contributed by atoms with E-state index in [4.69, 9.17) is 0 Å². The normalized spacial score (nSPS) is 17.3. The van der Waals surface area contributed by atoms with E-state index in [1.165, 1.54) is 0 Å². The molecular formula is C4H3F3NO2. The van der Waals surface area contributed by atoms with Crippen molar-refractivity contribution in [2.75, 3.05) is 0 Å². The van der Waals surface area contributed by atoms with Gasteiger partial charge in [-0.3, -0.25) is 0 Å². The first-order valence-electron chi connectivity index (χ1n) is 2.28. The van der Waals surface area contributed by atoms with Crippen molar-refractivity contribution in [2.45, 2.75) is 6.36 Å². The molecule has 1 radical (unpaired) electrons. The predicted octanol–water partition coefficient (Wildman–Crippen LogP) is 1.06. The highest BCUT2D eigenvalue weighted by molar-refractivity contribution is 4.90. The second kappa shape index (κ2) is 2.28. The van der Waals surface area contributed by atoms with Crippen molar-refractivity contribution in [3.63, 3.8) is 0 Å². The van der Waals surface area contributed by atoms with Crippen LogP contribution in [0.15, 0.2) is 12.1 Å². The average molecular weight is 154 g/mol. The highest BCUT2D eigenvalue weighted by atomic mass is 19.4. The molecule has 10 heavy (non-hydrogen) atoms. The zero-order valence-electron chi connectivity index (χ0n) is 4.61. The SMILES string of the molecule is FC(F)(F)OC1=CN[CH]O1. The fourth-order valence-corrected chi connectivity index (χ4v) is 0.396. The maximum Gasteiger partial charge on any atom is 0.575 e. The summed E-state index contributed by atoms with van der Waals surface area (Å²) in [5.74, 6) is -0.604. The van der Waals surface area contributed by atoms with E-state index in [1.54, 1.807) is 0 Å². The Morgan fingerprint density at radius 2 is 2.20 bits per heavy atom. The van der Waals surface area contributed by atoms with Crippen LogP contribution in [0.5, 0.6) is 0 Å². The van der Waals surface area contributed by atoms with E-state index in [0.29, 0.717) is 0 Å². The third-order valence-corrected chi connectivity index (χ3v) is 0.661. The molecule has 1 aliphatic heterocycles. The lowest BCUT2D eigenvalue weighted by Crippen LogP contribution is -2.12. The number of hydrogen-bond donors (Lipinski definition) is 1. The summed E-state index contributed by atoms with van der Waals surface area (Å²) in [7, 11) is 0. The van der Waals surface area contributed by atoms with Gasteiger partial charge in [0.2, 0.25) is 6.73 Å². The number of halogens is 3. The van der Waals surface area contributed by atoms with E-state index in [1.807, 2.05) is 0 Å². The lowest BCUT2D eigenvalue weighted by Gasteiger charge is -2.06. The summed E-state index contributed by atoms with van der Waals surface area (Å²) in [4.78, 5) is 0. The number of hydrogen-bond acceptors (Lipinski definition) is 3. The Labute approximate surface area is 54.4 Å². The molecule has 0 spiro atoms. The van der Waals surface area contributed by atoms with Crippen molar-refractivity contribution in [2.24, 2.45) is 0 Å². The molecule has 57 valence electrons. The van der Waals surface area contributed by atoms with E-state index in [-0.39, 0.29) is 0 Å². The molecule has 1 aliphatic rings. The molecule has 0 atom stereocenters. The van der Waals surface area contributed by atoms with E-state index < -0.39 is 12.3 Å². The van der Waals surface area contributed by atoms with Crippen molar-refractivity contribution in [1.82, 2.24) is 5.32 Å². The van der Waals surface area contributed by atoms with Gasteiger partial charge in [0.25, 0.3) is 0 Å². The molecule has 0 bridgehead atoms. The monoisotopic (exact) mass is 154 g/mol. The first-order chi connectivity index (χ1) is 4.58. The van der Waals surface area contributed by atoms with Crippen LogP contribution < -0.4 is 5.32 Å². The summed E-state index contributed by atoms with van der Waals surface area (Å²) in [6.45, 7) is 0.973. The molecule has 1 heterocycles. The molecule has 0 aromatic carbocycles. The Kier molecular flexibility index (Phi) is 1.60. The van der Waals surface area contributed by atoms with Gasteiger partial charge in [0.05, 0.1) is 6.20 Å². The van der Waals surface area contributed by atoms with Gasteiger partial charge in [-0.1, -0.05) is 0 Å². The Hall–Kier alpha value is -1.07. The van der Waals surface area contributed by atoms with Gasteiger partial charge in [0.1, 0.15) is 0 Å². The lowest BCUT2D eigenvalue weighted by atomic mass is 10.9. The molecule has 0 aromatic rings. The van der Waals surface area contributed by atoms with E-state index >= 15 is 0 Å². The third kappa shape index (κ3) is 2.04. The Morgan fingerprint density at radius 3 is 2.60 bits per heavy atom. The van der Waals surface area contributed by atoms with Crippen LogP contribution in [0.25, 0.3) is 0 Å². The van der Waals surface area contributed by atoms with Crippen molar-refractivity contribution in [1.29, 1.82) is 0 Å². The molecular weight excluding hydrogens is 151 g/mol. The van der Waals surface area contributed by atoms with Crippen LogP contribution in [0.3, 0.4) is 0 Å². The van der Waals surface area contributed by atoms with Crippen LogP contribution in [0, 0.1) is 6.73 Å². The minimum atomic E-state index is -4.69. The summed E-state index contributed by atoms with van der Waals surface area (Å²) in [6, 6.07) is 0. The zero-order chi connectivity index (χ0) is 7.61. The molecule has 1 rings (SSSR count). The first kappa shape index (κ1) is 7.04. The number of rotatable bonds is 1. The zero-order valence-corrected chi connectivity index (χ0v) is 4.61. The summed E-state index contributed by atoms with van der Waals surface area (Å²) >= 11 is 0. The maximum absolute atomic E-state index is 11.3. The largest absolute Gasteiger partial charge is 0.575 e. The van der Waals surface area contributed by atoms with Crippen molar-refractivity contribution >= 4 is 0 Å². The predicted molar refractivity (Wildman–Crippen MR) is 23.7 cm³/mol. The van der Waals surface area contributed by atoms with Gasteiger partial charge in [-0.05, 0) is 0 Å². The molecule has 0 aromatic heterocycles. The number of ether oxygens (including phenoxy) is 2. The van der Waals surface area contributed by atoms with E-state index in [2.05, 4.69) is 14.8 Å². The third-order valence-electron chi connectivity index (χ3n) is 0.661. The minimum absolute atomic E-state index is 0.604. The smallest absolute Gasteiger partial charge is 0.434 e. The molecule has 3 nitrogen and oxygen atoms in total. The standard InChI is InChI=1S/C4H3F3NO2/c5-4(6,7)10-3-1-8-2-9-3/h1-2,8H. The first-order valence-corrected chi connectivity index (χ1v) is 2.28. The Bertz CT molecular complexity index is 153. The molecule has 0 aliphatic carbocycles. The molecule has 0 unspecified atom stereocenters. The van der Waals surface area contributed by atoms with E-state index in [0.717, 1.165) is 12.9 Å². The van der Waals surface area contributed by atoms with Crippen LogP contribution in [-0.2, 0) is 9.47 Å². The van der Waals surface area contributed by atoms with Crippen LogP contribution in [0.2, 0.25) is 0 Å². The van der Waals surface area contributed by atoms with Crippen LogP contribution in [0.1, 0.15) is 0 Å². The van der Waals surface area contributed by atoms with Gasteiger partial charge in [0.15, 0.2) is 0 Å². The summed E-state index contributed by atoms with van der Waals surface area (Å²) < 4.78 is 41.5. The van der Waals surface area contributed by atoms with Crippen molar-refractivity contribution < 1.29 is 22.6 Å².